The Kier molecular flexibility index (Phi) is 8.36. The van der Waals surface area contributed by atoms with Crippen LogP contribution in [0.4, 0.5) is 0 Å². The van der Waals surface area contributed by atoms with E-state index in [0.717, 1.165) is 0 Å². The van der Waals surface area contributed by atoms with Crippen molar-refractivity contribution in [2.45, 2.75) is 32.3 Å². The third-order valence-corrected chi connectivity index (χ3v) is 3.11. The van der Waals surface area contributed by atoms with E-state index >= 15 is 0 Å². The van der Waals surface area contributed by atoms with Crippen LogP contribution in [0, 0.1) is 0 Å². The van der Waals surface area contributed by atoms with Crippen LogP contribution in [0.25, 0.3) is 0 Å². The highest BCUT2D eigenvalue weighted by Gasteiger charge is 2.26. The van der Waals surface area contributed by atoms with Crippen LogP contribution in [-0.4, -0.2) is 60.6 Å². The maximum absolute atomic E-state index is 11.2. The molecule has 0 aromatic rings. The van der Waals surface area contributed by atoms with Gasteiger partial charge >= 0.3 is 13.8 Å². The van der Waals surface area contributed by atoms with Crippen molar-refractivity contribution in [1.29, 1.82) is 0 Å². The normalized spacial score (nSPS) is 13.8. The fraction of sp³-hybridized carbons (Fsp3) is 0.769. The Morgan fingerprint density at radius 2 is 1.86 bits per heavy atom. The van der Waals surface area contributed by atoms with Crippen molar-refractivity contribution < 1.29 is 32.9 Å². The third kappa shape index (κ3) is 12.7. The highest BCUT2D eigenvalue weighted by molar-refractivity contribution is 7.46. The minimum absolute atomic E-state index is 0.263. The number of hydrogen-bond donors (Lipinski definition) is 2. The SMILES string of the molecule is C=C(C)C(=O)OCCCCC(C[N+](C)(C)C)OP(=O)(O)O. The first kappa shape index (κ1) is 20.3. The molecule has 7 nitrogen and oxygen atoms in total. The van der Waals surface area contributed by atoms with Crippen LogP contribution in [0.5, 0.6) is 0 Å². The molecule has 0 aliphatic rings. The molecule has 0 saturated carbocycles. The summed E-state index contributed by atoms with van der Waals surface area (Å²) in [5.74, 6) is -0.427. The first-order valence-electron chi connectivity index (χ1n) is 6.78. The molecule has 0 aromatic carbocycles. The van der Waals surface area contributed by atoms with Gasteiger partial charge in [0.2, 0.25) is 0 Å². The van der Waals surface area contributed by atoms with Gasteiger partial charge in [0.05, 0.1) is 27.7 Å². The average Bonchev–Trinajstić information content (AvgIpc) is 2.23. The summed E-state index contributed by atoms with van der Waals surface area (Å²) in [6.07, 6.45) is 1.21. The Hall–Kier alpha value is -0.720. The van der Waals surface area contributed by atoms with E-state index in [4.69, 9.17) is 19.0 Å². The highest BCUT2D eigenvalue weighted by Crippen LogP contribution is 2.38. The van der Waals surface area contributed by atoms with Crippen molar-refractivity contribution in [1.82, 2.24) is 0 Å². The van der Waals surface area contributed by atoms with E-state index in [0.29, 0.717) is 35.9 Å². The van der Waals surface area contributed by atoms with Crippen molar-refractivity contribution in [3.05, 3.63) is 12.2 Å². The standard InChI is InChI=1S/C13H26NO6P/c1-11(2)13(15)19-9-7-6-8-12(10-14(3,4)5)20-21(16,17)18/h12H,1,6-10H2,2-5H3,(H-,16,17,18)/p+1. The van der Waals surface area contributed by atoms with Gasteiger partial charge in [-0.05, 0) is 26.2 Å². The molecule has 0 aromatic heterocycles. The zero-order valence-corrected chi connectivity index (χ0v) is 14.1. The molecule has 0 saturated heterocycles. The van der Waals surface area contributed by atoms with Crippen molar-refractivity contribution in [2.24, 2.45) is 0 Å². The van der Waals surface area contributed by atoms with Crippen molar-refractivity contribution in [3.63, 3.8) is 0 Å². The largest absolute Gasteiger partial charge is 0.470 e. The van der Waals surface area contributed by atoms with Crippen LogP contribution in [0.15, 0.2) is 12.2 Å². The Labute approximate surface area is 126 Å². The summed E-state index contributed by atoms with van der Waals surface area (Å²) in [7, 11) is 1.26. The molecule has 8 heteroatoms. The van der Waals surface area contributed by atoms with Gasteiger partial charge in [-0.15, -0.1) is 0 Å². The minimum Gasteiger partial charge on any atom is -0.462 e. The van der Waals surface area contributed by atoms with Gasteiger partial charge in [-0.1, -0.05) is 6.58 Å². The van der Waals surface area contributed by atoms with E-state index in [9.17, 15) is 9.36 Å². The topological polar surface area (TPSA) is 93.1 Å². The first-order valence-corrected chi connectivity index (χ1v) is 8.31. The van der Waals surface area contributed by atoms with Crippen molar-refractivity contribution in [3.8, 4) is 0 Å². The highest BCUT2D eigenvalue weighted by atomic mass is 31.2. The van der Waals surface area contributed by atoms with E-state index in [-0.39, 0.29) is 6.61 Å². The molecule has 0 bridgehead atoms. The lowest BCUT2D eigenvalue weighted by molar-refractivity contribution is -0.873. The predicted molar refractivity (Wildman–Crippen MR) is 79.4 cm³/mol. The molecule has 0 spiro atoms. The summed E-state index contributed by atoms with van der Waals surface area (Å²) in [5.41, 5.74) is 0.350. The molecule has 1 unspecified atom stereocenters. The van der Waals surface area contributed by atoms with Gasteiger partial charge in [-0.3, -0.25) is 4.52 Å². The Bertz CT molecular complexity index is 398. The molecule has 124 valence electrons. The van der Waals surface area contributed by atoms with Gasteiger partial charge in [-0.25, -0.2) is 9.36 Å². The second kappa shape index (κ2) is 8.66. The third-order valence-electron chi connectivity index (χ3n) is 2.54. The number of quaternary nitrogens is 1. The molecule has 2 N–H and O–H groups in total. The Balaban J connectivity index is 4.16. The van der Waals surface area contributed by atoms with Crippen LogP contribution >= 0.6 is 7.82 Å². The summed E-state index contributed by atoms with van der Waals surface area (Å²) in [6.45, 7) is 5.80. The van der Waals surface area contributed by atoms with E-state index in [2.05, 4.69) is 6.58 Å². The van der Waals surface area contributed by atoms with E-state index < -0.39 is 19.9 Å². The molecule has 0 amide bonds. The summed E-state index contributed by atoms with van der Waals surface area (Å²) in [6, 6.07) is 0. The lowest BCUT2D eigenvalue weighted by atomic mass is 10.1. The Morgan fingerprint density at radius 1 is 1.29 bits per heavy atom. The van der Waals surface area contributed by atoms with Gasteiger partial charge in [0.25, 0.3) is 0 Å². The predicted octanol–water partition coefficient (Wildman–Crippen LogP) is 1.46. The van der Waals surface area contributed by atoms with E-state index in [1.807, 2.05) is 21.1 Å². The minimum atomic E-state index is -4.50. The summed E-state index contributed by atoms with van der Waals surface area (Å²) < 4.78 is 21.3. The number of hydrogen-bond acceptors (Lipinski definition) is 4. The number of carbonyl (C=O) groups is 1. The number of ether oxygens (including phenoxy) is 1. The molecule has 0 aliphatic heterocycles. The fourth-order valence-electron chi connectivity index (χ4n) is 1.74. The molecule has 0 fully saturated rings. The monoisotopic (exact) mass is 324 g/mol. The molecule has 21 heavy (non-hydrogen) atoms. The molecule has 0 aliphatic carbocycles. The maximum Gasteiger partial charge on any atom is 0.470 e. The van der Waals surface area contributed by atoms with Gasteiger partial charge in [0, 0.05) is 5.57 Å². The van der Waals surface area contributed by atoms with Crippen molar-refractivity contribution in [2.75, 3.05) is 34.3 Å². The van der Waals surface area contributed by atoms with Gasteiger partial charge in [0.1, 0.15) is 12.6 Å². The molecule has 0 rings (SSSR count). The molecule has 0 radical (unpaired) electrons. The fourth-order valence-corrected chi connectivity index (χ4v) is 2.31. The number of rotatable bonds is 10. The maximum atomic E-state index is 11.2. The number of unbranched alkanes of at least 4 members (excludes halogenated alkanes) is 1. The smallest absolute Gasteiger partial charge is 0.462 e. The first-order chi connectivity index (χ1) is 9.41. The number of carbonyl (C=O) groups excluding carboxylic acids is 1. The average molecular weight is 324 g/mol. The molecular formula is C13H27NO6P+. The quantitative estimate of drug-likeness (QED) is 0.208. The molecular weight excluding hydrogens is 297 g/mol. The molecule has 1 atom stereocenters. The van der Waals surface area contributed by atoms with Crippen LogP contribution in [0.2, 0.25) is 0 Å². The number of likely N-dealkylation sites (N-methyl/N-ethyl adjacent to an activating group) is 1. The number of phosphoric ester groups is 1. The van der Waals surface area contributed by atoms with E-state index in [1.165, 1.54) is 0 Å². The zero-order valence-electron chi connectivity index (χ0n) is 13.2. The lowest BCUT2D eigenvalue weighted by Gasteiger charge is -2.29. The zero-order chi connectivity index (χ0) is 16.7. The number of phosphoric acid groups is 1. The lowest BCUT2D eigenvalue weighted by Crippen LogP contribution is -2.42. The second-order valence-corrected chi connectivity index (χ2v) is 7.29. The summed E-state index contributed by atoms with van der Waals surface area (Å²) >= 11 is 0. The van der Waals surface area contributed by atoms with Gasteiger partial charge in [0.15, 0.2) is 0 Å². The molecule has 0 heterocycles. The van der Waals surface area contributed by atoms with E-state index in [1.54, 1.807) is 6.92 Å². The summed E-state index contributed by atoms with van der Waals surface area (Å²) in [4.78, 5) is 29.0. The van der Waals surface area contributed by atoms with Crippen molar-refractivity contribution >= 4 is 13.8 Å². The second-order valence-electron chi connectivity index (χ2n) is 6.10. The Morgan fingerprint density at radius 3 is 2.29 bits per heavy atom. The summed E-state index contributed by atoms with van der Waals surface area (Å²) in [5, 5.41) is 0. The van der Waals surface area contributed by atoms with Crippen LogP contribution in [0.1, 0.15) is 26.2 Å². The van der Waals surface area contributed by atoms with Gasteiger partial charge in [-0.2, -0.15) is 0 Å². The van der Waals surface area contributed by atoms with Gasteiger partial charge < -0.3 is 19.0 Å². The van der Waals surface area contributed by atoms with Crippen LogP contribution in [-0.2, 0) is 18.6 Å². The number of esters is 1. The van der Waals surface area contributed by atoms with Crippen LogP contribution < -0.4 is 0 Å². The number of nitrogens with zero attached hydrogens (tertiary/aromatic N) is 1. The van der Waals surface area contributed by atoms with Crippen LogP contribution in [0.3, 0.4) is 0 Å².